The van der Waals surface area contributed by atoms with Gasteiger partial charge in [-0.15, -0.1) is 0 Å². The predicted molar refractivity (Wildman–Crippen MR) is 81.9 cm³/mol. The van der Waals surface area contributed by atoms with Gasteiger partial charge in [0.2, 0.25) is 0 Å². The monoisotopic (exact) mass is 246 g/mol. The number of benzene rings is 1. The highest BCUT2D eigenvalue weighted by molar-refractivity contribution is 5.26. The van der Waals surface area contributed by atoms with Crippen molar-refractivity contribution in [1.29, 1.82) is 0 Å². The van der Waals surface area contributed by atoms with E-state index in [9.17, 15) is 0 Å². The molecule has 0 aliphatic rings. The number of hydrogen-bond donors (Lipinski definition) is 0. The highest BCUT2D eigenvalue weighted by atomic mass is 14.4. The standard InChI is InChI=1S/C18H30/c1-16(2,3)13-14-17(4,5)18(6,7)15-11-9-8-10-12-15/h8-12H,13-14H2,1-7H3. The normalized spacial score (nSPS) is 13.7. The molecule has 0 atom stereocenters. The molecule has 0 heterocycles. The molecule has 0 saturated carbocycles. The lowest BCUT2D eigenvalue weighted by Gasteiger charge is -2.43. The van der Waals surface area contributed by atoms with Gasteiger partial charge in [0, 0.05) is 0 Å². The fourth-order valence-electron chi connectivity index (χ4n) is 2.25. The Bertz CT molecular complexity index is 363. The highest BCUT2D eigenvalue weighted by Gasteiger charge is 2.38. The molecule has 0 bridgehead atoms. The average Bonchev–Trinajstić information content (AvgIpc) is 2.27. The Morgan fingerprint density at radius 2 is 1.22 bits per heavy atom. The minimum Gasteiger partial charge on any atom is -0.0622 e. The third kappa shape index (κ3) is 3.60. The first-order chi connectivity index (χ1) is 8.06. The van der Waals surface area contributed by atoms with Crippen molar-refractivity contribution in [2.45, 2.75) is 66.7 Å². The molecule has 1 aromatic rings. The maximum atomic E-state index is 2.41. The molecule has 0 heteroatoms. The first-order valence-corrected chi connectivity index (χ1v) is 7.12. The molecule has 0 saturated heterocycles. The third-order valence-corrected chi connectivity index (χ3v) is 4.69. The second-order valence-electron chi connectivity index (χ2n) is 7.94. The van der Waals surface area contributed by atoms with Gasteiger partial charge in [-0.05, 0) is 34.7 Å². The van der Waals surface area contributed by atoms with Crippen molar-refractivity contribution in [3.8, 4) is 0 Å². The smallest absolute Gasteiger partial charge is 0.00524 e. The Morgan fingerprint density at radius 1 is 0.722 bits per heavy atom. The quantitative estimate of drug-likeness (QED) is 0.628. The minimum atomic E-state index is 0.208. The Labute approximate surface area is 114 Å². The van der Waals surface area contributed by atoms with Crippen LogP contribution in [-0.2, 0) is 5.41 Å². The zero-order chi connectivity index (χ0) is 14.0. The molecule has 0 aliphatic carbocycles. The fraction of sp³-hybridized carbons (Fsp3) is 0.667. The summed E-state index contributed by atoms with van der Waals surface area (Å²) in [6.07, 6.45) is 2.54. The molecule has 0 nitrogen and oxygen atoms in total. The third-order valence-electron chi connectivity index (χ3n) is 4.69. The van der Waals surface area contributed by atoms with E-state index in [1.165, 1.54) is 18.4 Å². The molecule has 0 aliphatic heterocycles. The Morgan fingerprint density at radius 3 is 1.67 bits per heavy atom. The van der Waals surface area contributed by atoms with Gasteiger partial charge in [-0.3, -0.25) is 0 Å². The van der Waals surface area contributed by atoms with Gasteiger partial charge in [0.25, 0.3) is 0 Å². The zero-order valence-electron chi connectivity index (χ0n) is 13.3. The maximum Gasteiger partial charge on any atom is -0.00524 e. The molecule has 0 radical (unpaired) electrons. The van der Waals surface area contributed by atoms with Crippen LogP contribution in [0, 0.1) is 10.8 Å². The van der Waals surface area contributed by atoms with E-state index in [1.54, 1.807) is 0 Å². The lowest BCUT2D eigenvalue weighted by atomic mass is 9.61. The lowest BCUT2D eigenvalue weighted by molar-refractivity contribution is 0.152. The number of rotatable bonds is 4. The van der Waals surface area contributed by atoms with Crippen LogP contribution >= 0.6 is 0 Å². The fourth-order valence-corrected chi connectivity index (χ4v) is 2.25. The van der Waals surface area contributed by atoms with Crippen LogP contribution in [0.4, 0.5) is 0 Å². The van der Waals surface area contributed by atoms with E-state index in [1.807, 2.05) is 0 Å². The van der Waals surface area contributed by atoms with Gasteiger partial charge in [-0.1, -0.05) is 78.8 Å². The summed E-state index contributed by atoms with van der Waals surface area (Å²) in [5.41, 5.74) is 2.38. The molecular formula is C18H30. The largest absolute Gasteiger partial charge is 0.0622 e. The first kappa shape index (κ1) is 15.3. The Hall–Kier alpha value is -0.780. The van der Waals surface area contributed by atoms with Crippen molar-refractivity contribution in [3.63, 3.8) is 0 Å². The van der Waals surface area contributed by atoms with Crippen molar-refractivity contribution in [2.75, 3.05) is 0 Å². The predicted octanol–water partition coefficient (Wildman–Crippen LogP) is 5.82. The van der Waals surface area contributed by atoms with E-state index in [2.05, 4.69) is 78.8 Å². The summed E-state index contributed by atoms with van der Waals surface area (Å²) in [6, 6.07) is 10.9. The summed E-state index contributed by atoms with van der Waals surface area (Å²) < 4.78 is 0. The summed E-state index contributed by atoms with van der Waals surface area (Å²) in [5, 5.41) is 0. The van der Waals surface area contributed by atoms with E-state index >= 15 is 0 Å². The molecule has 18 heavy (non-hydrogen) atoms. The van der Waals surface area contributed by atoms with E-state index in [0.29, 0.717) is 10.8 Å². The van der Waals surface area contributed by atoms with Gasteiger partial charge >= 0.3 is 0 Å². The topological polar surface area (TPSA) is 0 Å². The summed E-state index contributed by atoms with van der Waals surface area (Å²) >= 11 is 0. The van der Waals surface area contributed by atoms with Crippen LogP contribution in [0.5, 0.6) is 0 Å². The maximum absolute atomic E-state index is 2.41. The zero-order valence-corrected chi connectivity index (χ0v) is 13.3. The molecular weight excluding hydrogens is 216 g/mol. The summed E-state index contributed by atoms with van der Waals surface area (Å²) in [5.74, 6) is 0. The van der Waals surface area contributed by atoms with Crippen LogP contribution in [0.15, 0.2) is 30.3 Å². The molecule has 0 aromatic heterocycles. The van der Waals surface area contributed by atoms with Crippen LogP contribution < -0.4 is 0 Å². The molecule has 0 spiro atoms. The highest BCUT2D eigenvalue weighted by Crippen LogP contribution is 2.45. The van der Waals surface area contributed by atoms with E-state index in [0.717, 1.165) is 0 Å². The second kappa shape index (κ2) is 5.07. The molecule has 0 N–H and O–H groups in total. The summed E-state index contributed by atoms with van der Waals surface area (Å²) in [7, 11) is 0. The van der Waals surface area contributed by atoms with E-state index < -0.39 is 0 Å². The van der Waals surface area contributed by atoms with Crippen LogP contribution in [0.25, 0.3) is 0 Å². The van der Waals surface area contributed by atoms with E-state index in [-0.39, 0.29) is 5.41 Å². The van der Waals surface area contributed by atoms with E-state index in [4.69, 9.17) is 0 Å². The van der Waals surface area contributed by atoms with Crippen molar-refractivity contribution in [2.24, 2.45) is 10.8 Å². The van der Waals surface area contributed by atoms with Gasteiger partial charge < -0.3 is 0 Å². The van der Waals surface area contributed by atoms with Crippen molar-refractivity contribution >= 4 is 0 Å². The van der Waals surface area contributed by atoms with Crippen molar-refractivity contribution in [3.05, 3.63) is 35.9 Å². The SMILES string of the molecule is CC(C)(C)CCC(C)(C)C(C)(C)c1ccccc1. The van der Waals surface area contributed by atoms with Crippen molar-refractivity contribution in [1.82, 2.24) is 0 Å². The van der Waals surface area contributed by atoms with Gasteiger partial charge in [0.15, 0.2) is 0 Å². The summed E-state index contributed by atoms with van der Waals surface area (Å²) in [6.45, 7) is 16.6. The minimum absolute atomic E-state index is 0.208. The number of hydrogen-bond acceptors (Lipinski definition) is 0. The average molecular weight is 246 g/mol. The molecule has 1 aromatic carbocycles. The Kier molecular flexibility index (Phi) is 4.30. The summed E-state index contributed by atoms with van der Waals surface area (Å²) in [4.78, 5) is 0. The molecule has 0 fully saturated rings. The molecule has 102 valence electrons. The van der Waals surface area contributed by atoms with Gasteiger partial charge in [-0.25, -0.2) is 0 Å². The first-order valence-electron chi connectivity index (χ1n) is 7.12. The van der Waals surface area contributed by atoms with Crippen LogP contribution in [0.1, 0.15) is 66.9 Å². The second-order valence-corrected chi connectivity index (χ2v) is 7.94. The van der Waals surface area contributed by atoms with Crippen LogP contribution in [0.3, 0.4) is 0 Å². The molecule has 0 amide bonds. The van der Waals surface area contributed by atoms with Gasteiger partial charge in [0.05, 0.1) is 0 Å². The molecule has 0 unspecified atom stereocenters. The van der Waals surface area contributed by atoms with Gasteiger partial charge in [-0.2, -0.15) is 0 Å². The van der Waals surface area contributed by atoms with Crippen LogP contribution in [-0.4, -0.2) is 0 Å². The van der Waals surface area contributed by atoms with Crippen LogP contribution in [0.2, 0.25) is 0 Å². The van der Waals surface area contributed by atoms with Crippen molar-refractivity contribution < 1.29 is 0 Å². The lowest BCUT2D eigenvalue weighted by Crippen LogP contribution is -2.37. The Balaban J connectivity index is 2.89. The molecule has 1 rings (SSSR count). The van der Waals surface area contributed by atoms with Gasteiger partial charge in [0.1, 0.15) is 0 Å².